The van der Waals surface area contributed by atoms with E-state index in [1.807, 2.05) is 12.1 Å². The fraction of sp³-hybridized carbons (Fsp3) is 0.462. The van der Waals surface area contributed by atoms with Gasteiger partial charge in [0.2, 0.25) is 0 Å². The highest BCUT2D eigenvalue weighted by molar-refractivity contribution is 5.56. The first kappa shape index (κ1) is 11.3. The smallest absolute Gasteiger partial charge is 0.154 e. The molecular weight excluding hydrogens is 230 g/mol. The normalized spacial score (nSPS) is 24.3. The second-order valence-electron chi connectivity index (χ2n) is 4.80. The monoisotopic (exact) mass is 247 g/mol. The van der Waals surface area contributed by atoms with E-state index >= 15 is 0 Å². The molecule has 0 saturated heterocycles. The third kappa shape index (κ3) is 1.90. The Morgan fingerprint density at radius 1 is 1.39 bits per heavy atom. The van der Waals surface area contributed by atoms with E-state index in [1.165, 1.54) is 0 Å². The summed E-state index contributed by atoms with van der Waals surface area (Å²) in [6.07, 6.45) is 5.18. The van der Waals surface area contributed by atoms with Crippen LogP contribution in [0.5, 0.6) is 0 Å². The number of hydrogen-bond acceptors (Lipinski definition) is 4. The predicted octanol–water partition coefficient (Wildman–Crippen LogP) is 2.20. The Morgan fingerprint density at radius 3 is 2.94 bits per heavy atom. The molecule has 18 heavy (non-hydrogen) atoms. The van der Waals surface area contributed by atoms with Crippen molar-refractivity contribution >= 4 is 5.82 Å². The average molecular weight is 247 g/mol. The lowest BCUT2D eigenvalue weighted by Crippen LogP contribution is -2.29. The van der Waals surface area contributed by atoms with Crippen LogP contribution in [-0.2, 0) is 0 Å². The molecular formula is C13H17N3O2. The first-order valence-corrected chi connectivity index (χ1v) is 6.32. The van der Waals surface area contributed by atoms with Crippen LogP contribution in [0.1, 0.15) is 31.7 Å². The summed E-state index contributed by atoms with van der Waals surface area (Å²) in [6, 6.07) is 5.45. The molecule has 3 rings (SSSR count). The Labute approximate surface area is 105 Å². The van der Waals surface area contributed by atoms with Gasteiger partial charge in [0, 0.05) is 6.07 Å². The highest BCUT2D eigenvalue weighted by atomic mass is 16.3. The van der Waals surface area contributed by atoms with Crippen LogP contribution in [-0.4, -0.2) is 21.0 Å². The molecule has 0 aliphatic heterocycles. The van der Waals surface area contributed by atoms with E-state index in [2.05, 4.69) is 5.10 Å². The van der Waals surface area contributed by atoms with Gasteiger partial charge in [0.15, 0.2) is 5.76 Å². The Kier molecular flexibility index (Phi) is 2.83. The van der Waals surface area contributed by atoms with Crippen molar-refractivity contribution in [1.29, 1.82) is 0 Å². The van der Waals surface area contributed by atoms with E-state index in [4.69, 9.17) is 10.2 Å². The van der Waals surface area contributed by atoms with Crippen LogP contribution in [0.3, 0.4) is 0 Å². The number of nitrogens with zero attached hydrogens (tertiary/aromatic N) is 2. The Hall–Kier alpha value is -1.75. The molecule has 0 radical (unpaired) electrons. The largest absolute Gasteiger partial charge is 0.463 e. The summed E-state index contributed by atoms with van der Waals surface area (Å²) in [5, 5.41) is 14.5. The molecule has 0 bridgehead atoms. The number of rotatable bonds is 2. The van der Waals surface area contributed by atoms with E-state index in [0.29, 0.717) is 11.6 Å². The summed E-state index contributed by atoms with van der Waals surface area (Å²) in [5.41, 5.74) is 6.71. The van der Waals surface area contributed by atoms with E-state index in [0.717, 1.165) is 31.4 Å². The average Bonchev–Trinajstić information content (AvgIpc) is 2.99. The van der Waals surface area contributed by atoms with Crippen LogP contribution >= 0.6 is 0 Å². The van der Waals surface area contributed by atoms with Crippen molar-refractivity contribution in [2.24, 2.45) is 0 Å². The number of anilines is 1. The van der Waals surface area contributed by atoms with Crippen LogP contribution in [0.15, 0.2) is 28.9 Å². The molecule has 2 heterocycles. The predicted molar refractivity (Wildman–Crippen MR) is 67.9 cm³/mol. The van der Waals surface area contributed by atoms with Gasteiger partial charge in [-0.15, -0.1) is 0 Å². The first-order valence-electron chi connectivity index (χ1n) is 6.32. The van der Waals surface area contributed by atoms with Gasteiger partial charge >= 0.3 is 0 Å². The summed E-state index contributed by atoms with van der Waals surface area (Å²) in [4.78, 5) is 0. The second kappa shape index (κ2) is 4.49. The molecule has 1 aliphatic rings. The molecule has 2 aromatic heterocycles. The summed E-state index contributed by atoms with van der Waals surface area (Å²) >= 11 is 0. The molecule has 96 valence electrons. The van der Waals surface area contributed by atoms with Crippen molar-refractivity contribution in [2.45, 2.75) is 37.8 Å². The number of hydrogen-bond donors (Lipinski definition) is 2. The lowest BCUT2D eigenvalue weighted by atomic mass is 9.93. The van der Waals surface area contributed by atoms with Gasteiger partial charge in [0.25, 0.3) is 0 Å². The van der Waals surface area contributed by atoms with E-state index in [-0.39, 0.29) is 12.1 Å². The van der Waals surface area contributed by atoms with Crippen molar-refractivity contribution in [2.75, 3.05) is 5.73 Å². The molecule has 3 N–H and O–H groups in total. The van der Waals surface area contributed by atoms with Gasteiger partial charge in [0.1, 0.15) is 11.5 Å². The van der Waals surface area contributed by atoms with E-state index in [1.54, 1.807) is 17.0 Å². The molecule has 1 saturated carbocycles. The van der Waals surface area contributed by atoms with Gasteiger partial charge in [-0.2, -0.15) is 5.10 Å². The number of furan rings is 1. The SMILES string of the molecule is Nc1cc(-c2ccco2)nn1C1CCCCC1O. The summed E-state index contributed by atoms with van der Waals surface area (Å²) in [5.74, 6) is 1.28. The van der Waals surface area contributed by atoms with Gasteiger partial charge in [-0.25, -0.2) is 4.68 Å². The number of nitrogen functional groups attached to an aromatic ring is 1. The molecule has 1 aliphatic carbocycles. The van der Waals surface area contributed by atoms with Crippen molar-refractivity contribution in [3.8, 4) is 11.5 Å². The Bertz CT molecular complexity index is 518. The van der Waals surface area contributed by atoms with Crippen molar-refractivity contribution in [3.05, 3.63) is 24.5 Å². The molecule has 0 amide bonds. The molecule has 2 aromatic rings. The highest BCUT2D eigenvalue weighted by Gasteiger charge is 2.27. The number of aliphatic hydroxyl groups excluding tert-OH is 1. The molecule has 2 unspecified atom stereocenters. The molecule has 0 aromatic carbocycles. The van der Waals surface area contributed by atoms with E-state index < -0.39 is 0 Å². The van der Waals surface area contributed by atoms with Crippen LogP contribution in [0.4, 0.5) is 5.82 Å². The molecule has 0 spiro atoms. The molecule has 2 atom stereocenters. The maximum absolute atomic E-state index is 10.0. The maximum atomic E-state index is 10.0. The summed E-state index contributed by atoms with van der Waals surface area (Å²) in [6.45, 7) is 0. The Balaban J connectivity index is 1.93. The Morgan fingerprint density at radius 2 is 2.22 bits per heavy atom. The maximum Gasteiger partial charge on any atom is 0.154 e. The van der Waals surface area contributed by atoms with Gasteiger partial charge in [-0.3, -0.25) is 0 Å². The van der Waals surface area contributed by atoms with Gasteiger partial charge in [0.05, 0.1) is 18.4 Å². The first-order chi connectivity index (χ1) is 8.75. The van der Waals surface area contributed by atoms with Crippen LogP contribution in [0.25, 0.3) is 11.5 Å². The lowest BCUT2D eigenvalue weighted by Gasteiger charge is -2.28. The third-order valence-electron chi connectivity index (χ3n) is 3.55. The molecule has 5 heteroatoms. The summed E-state index contributed by atoms with van der Waals surface area (Å²) < 4.78 is 7.05. The number of aromatic nitrogens is 2. The minimum Gasteiger partial charge on any atom is -0.463 e. The zero-order valence-electron chi connectivity index (χ0n) is 10.1. The van der Waals surface area contributed by atoms with Crippen LogP contribution < -0.4 is 5.73 Å². The minimum absolute atomic E-state index is 0.0116. The molecule has 1 fully saturated rings. The number of nitrogens with two attached hydrogens (primary N) is 1. The minimum atomic E-state index is -0.356. The van der Waals surface area contributed by atoms with Gasteiger partial charge < -0.3 is 15.3 Å². The fourth-order valence-corrected chi connectivity index (χ4v) is 2.60. The van der Waals surface area contributed by atoms with Gasteiger partial charge in [-0.05, 0) is 25.0 Å². The zero-order chi connectivity index (χ0) is 12.5. The number of aliphatic hydroxyl groups is 1. The standard InChI is InChI=1S/C13H17N3O2/c14-13-8-9(12-6-3-7-18-12)15-16(13)10-4-1-2-5-11(10)17/h3,6-8,10-11,17H,1-2,4-5,14H2. The zero-order valence-corrected chi connectivity index (χ0v) is 10.1. The summed E-state index contributed by atoms with van der Waals surface area (Å²) in [7, 11) is 0. The van der Waals surface area contributed by atoms with Crippen LogP contribution in [0.2, 0.25) is 0 Å². The quantitative estimate of drug-likeness (QED) is 0.852. The van der Waals surface area contributed by atoms with Crippen molar-refractivity contribution < 1.29 is 9.52 Å². The van der Waals surface area contributed by atoms with Crippen molar-refractivity contribution in [1.82, 2.24) is 9.78 Å². The molecule has 5 nitrogen and oxygen atoms in total. The van der Waals surface area contributed by atoms with Crippen molar-refractivity contribution in [3.63, 3.8) is 0 Å². The second-order valence-corrected chi connectivity index (χ2v) is 4.80. The highest BCUT2D eigenvalue weighted by Crippen LogP contribution is 2.32. The fourth-order valence-electron chi connectivity index (χ4n) is 2.60. The van der Waals surface area contributed by atoms with Gasteiger partial charge in [-0.1, -0.05) is 12.8 Å². The van der Waals surface area contributed by atoms with E-state index in [9.17, 15) is 5.11 Å². The topological polar surface area (TPSA) is 77.2 Å². The third-order valence-corrected chi connectivity index (χ3v) is 3.55. The lowest BCUT2D eigenvalue weighted by molar-refractivity contribution is 0.0706. The van der Waals surface area contributed by atoms with Crippen LogP contribution in [0, 0.1) is 0 Å².